The maximum atomic E-state index is 13.2. The molecule has 1 atom stereocenters. The molecule has 0 amide bonds. The predicted octanol–water partition coefficient (Wildman–Crippen LogP) is 3.19. The maximum Gasteiger partial charge on any atom is 0.451 e. The molecule has 0 aliphatic carbocycles. The van der Waals surface area contributed by atoms with Crippen molar-refractivity contribution in [1.82, 2.24) is 9.97 Å². The lowest BCUT2D eigenvalue weighted by Crippen LogP contribution is -2.35. The summed E-state index contributed by atoms with van der Waals surface area (Å²) in [6, 6.07) is 1.54. The summed E-state index contributed by atoms with van der Waals surface area (Å²) in [6.45, 7) is 3.26. The molecule has 7 nitrogen and oxygen atoms in total. The highest BCUT2D eigenvalue weighted by molar-refractivity contribution is 5.93. The van der Waals surface area contributed by atoms with Crippen molar-refractivity contribution in [1.29, 1.82) is 0 Å². The summed E-state index contributed by atoms with van der Waals surface area (Å²) < 4.78 is 49.7. The number of ether oxygens (including phenoxy) is 2. The third-order valence-corrected chi connectivity index (χ3v) is 3.68. The Morgan fingerprint density at radius 2 is 1.73 bits per heavy atom. The van der Waals surface area contributed by atoms with E-state index in [9.17, 15) is 23.1 Å². The molecule has 1 unspecified atom stereocenters. The van der Waals surface area contributed by atoms with Crippen LogP contribution in [-0.4, -0.2) is 41.3 Å². The van der Waals surface area contributed by atoms with E-state index in [4.69, 9.17) is 9.47 Å². The van der Waals surface area contributed by atoms with Gasteiger partial charge in [-0.05, 0) is 12.0 Å². The third kappa shape index (κ3) is 3.89. The number of aliphatic carboxylic acids is 1. The Balaban J connectivity index is 2.73. The van der Waals surface area contributed by atoms with Crippen LogP contribution in [0.15, 0.2) is 12.1 Å². The van der Waals surface area contributed by atoms with Crippen LogP contribution >= 0.6 is 0 Å². The number of aromatic nitrogens is 2. The Morgan fingerprint density at radius 1 is 1.15 bits per heavy atom. The summed E-state index contributed by atoms with van der Waals surface area (Å²) in [5.41, 5.74) is -0.0552. The van der Waals surface area contributed by atoms with Crippen molar-refractivity contribution in [3.63, 3.8) is 0 Å². The second-order valence-corrected chi connectivity index (χ2v) is 5.82. The molecule has 1 heterocycles. The molecule has 0 saturated heterocycles. The zero-order chi connectivity index (χ0) is 19.6. The van der Waals surface area contributed by atoms with Gasteiger partial charge in [-0.2, -0.15) is 13.2 Å². The number of carboxylic acids is 1. The van der Waals surface area contributed by atoms with Crippen LogP contribution in [0.3, 0.4) is 0 Å². The van der Waals surface area contributed by atoms with Gasteiger partial charge in [0.15, 0.2) is 11.5 Å². The van der Waals surface area contributed by atoms with Gasteiger partial charge in [0.1, 0.15) is 11.9 Å². The number of halogens is 3. The van der Waals surface area contributed by atoms with Crippen LogP contribution in [0.2, 0.25) is 0 Å². The van der Waals surface area contributed by atoms with Crippen LogP contribution in [0.1, 0.15) is 19.7 Å². The number of carbonyl (C=O) groups is 1. The second-order valence-electron chi connectivity index (χ2n) is 5.82. The summed E-state index contributed by atoms with van der Waals surface area (Å²) in [4.78, 5) is 18.4. The molecule has 1 aromatic heterocycles. The first kappa shape index (κ1) is 19.5. The lowest BCUT2D eigenvalue weighted by atomic mass is 10.0. The monoisotopic (exact) mass is 373 g/mol. The minimum Gasteiger partial charge on any atom is -0.493 e. The van der Waals surface area contributed by atoms with E-state index in [0.29, 0.717) is 0 Å². The number of methoxy groups -OCH3 is 2. The SMILES string of the molecule is COc1cc2nc(C(F)(F)F)nc(NC(C(=O)O)C(C)C)c2cc1OC. The van der Waals surface area contributed by atoms with Gasteiger partial charge in [-0.1, -0.05) is 13.8 Å². The number of benzene rings is 1. The molecule has 0 fully saturated rings. The summed E-state index contributed by atoms with van der Waals surface area (Å²) in [7, 11) is 2.71. The van der Waals surface area contributed by atoms with E-state index >= 15 is 0 Å². The first-order chi connectivity index (χ1) is 12.1. The number of nitrogens with zero attached hydrogens (tertiary/aromatic N) is 2. The van der Waals surface area contributed by atoms with Gasteiger partial charge in [0.2, 0.25) is 5.82 Å². The van der Waals surface area contributed by atoms with Crippen molar-refractivity contribution < 1.29 is 32.5 Å². The molecule has 2 rings (SSSR count). The molecule has 0 saturated carbocycles. The summed E-state index contributed by atoms with van der Waals surface area (Å²) in [6.07, 6.45) is -4.80. The Kier molecular flexibility index (Phi) is 5.43. The highest BCUT2D eigenvalue weighted by Gasteiger charge is 2.36. The Labute approximate surface area is 147 Å². The van der Waals surface area contributed by atoms with Crippen LogP contribution in [0.25, 0.3) is 10.9 Å². The molecule has 2 N–H and O–H groups in total. The van der Waals surface area contributed by atoms with Crippen molar-refractivity contribution in [3.05, 3.63) is 18.0 Å². The van der Waals surface area contributed by atoms with Gasteiger partial charge in [0, 0.05) is 11.5 Å². The van der Waals surface area contributed by atoms with Crippen molar-refractivity contribution in [2.24, 2.45) is 5.92 Å². The zero-order valence-electron chi connectivity index (χ0n) is 14.5. The largest absolute Gasteiger partial charge is 0.493 e. The molecule has 0 aliphatic heterocycles. The Hall–Kier alpha value is -2.78. The predicted molar refractivity (Wildman–Crippen MR) is 87.5 cm³/mol. The first-order valence-electron chi connectivity index (χ1n) is 7.58. The van der Waals surface area contributed by atoms with Crippen LogP contribution < -0.4 is 14.8 Å². The fourth-order valence-corrected chi connectivity index (χ4v) is 2.35. The maximum absolute atomic E-state index is 13.2. The summed E-state index contributed by atoms with van der Waals surface area (Å²) in [5.74, 6) is -2.79. The molecule has 2 aromatic rings. The van der Waals surface area contributed by atoms with E-state index in [0.717, 1.165) is 0 Å². The van der Waals surface area contributed by atoms with Gasteiger partial charge in [0.05, 0.1) is 19.7 Å². The third-order valence-electron chi connectivity index (χ3n) is 3.68. The molecule has 10 heteroatoms. The van der Waals surface area contributed by atoms with Gasteiger partial charge in [0.25, 0.3) is 0 Å². The fourth-order valence-electron chi connectivity index (χ4n) is 2.35. The van der Waals surface area contributed by atoms with Gasteiger partial charge in [-0.25, -0.2) is 14.8 Å². The van der Waals surface area contributed by atoms with E-state index in [2.05, 4.69) is 15.3 Å². The average Bonchev–Trinajstić information content (AvgIpc) is 2.56. The Morgan fingerprint density at radius 3 is 2.19 bits per heavy atom. The van der Waals surface area contributed by atoms with Crippen LogP contribution in [0, 0.1) is 5.92 Å². The topological polar surface area (TPSA) is 93.6 Å². The smallest absolute Gasteiger partial charge is 0.451 e. The van der Waals surface area contributed by atoms with Crippen molar-refractivity contribution >= 4 is 22.7 Å². The van der Waals surface area contributed by atoms with E-state index in [1.165, 1.54) is 26.4 Å². The quantitative estimate of drug-likeness (QED) is 0.803. The van der Waals surface area contributed by atoms with Gasteiger partial charge >= 0.3 is 12.1 Å². The van der Waals surface area contributed by atoms with E-state index in [-0.39, 0.29) is 28.2 Å². The lowest BCUT2D eigenvalue weighted by molar-refractivity contribution is -0.144. The van der Waals surface area contributed by atoms with E-state index < -0.39 is 29.9 Å². The first-order valence-corrected chi connectivity index (χ1v) is 7.58. The molecule has 142 valence electrons. The number of carboxylic acid groups (broad SMARTS) is 1. The standard InChI is InChI=1S/C16H18F3N3O4/c1-7(2)12(14(23)24)21-13-8-5-10(25-3)11(26-4)6-9(8)20-15(22-13)16(17,18)19/h5-7,12H,1-4H3,(H,23,24)(H,20,21,22). The van der Waals surface area contributed by atoms with Crippen LogP contribution in [0.4, 0.5) is 19.0 Å². The van der Waals surface area contributed by atoms with Gasteiger partial charge in [-0.3, -0.25) is 0 Å². The van der Waals surface area contributed by atoms with Gasteiger partial charge in [-0.15, -0.1) is 0 Å². The minimum atomic E-state index is -4.80. The molecular weight excluding hydrogens is 355 g/mol. The molecule has 0 spiro atoms. The number of nitrogens with one attached hydrogen (secondary N) is 1. The normalized spacial score (nSPS) is 12.9. The summed E-state index contributed by atoms with van der Waals surface area (Å²) in [5, 5.41) is 12.1. The number of hydrogen-bond donors (Lipinski definition) is 2. The molecule has 1 aromatic carbocycles. The van der Waals surface area contributed by atoms with E-state index in [1.807, 2.05) is 0 Å². The van der Waals surface area contributed by atoms with E-state index in [1.54, 1.807) is 13.8 Å². The highest BCUT2D eigenvalue weighted by atomic mass is 19.4. The number of alkyl halides is 3. The minimum absolute atomic E-state index is 0.0552. The molecule has 0 radical (unpaired) electrons. The van der Waals surface area contributed by atoms with Crippen LogP contribution in [-0.2, 0) is 11.0 Å². The molecule has 0 bridgehead atoms. The number of fused-ring (bicyclic) bond motifs is 1. The number of rotatable bonds is 6. The molecular formula is C16H18F3N3O4. The van der Waals surface area contributed by atoms with Crippen molar-refractivity contribution in [2.45, 2.75) is 26.1 Å². The van der Waals surface area contributed by atoms with Crippen molar-refractivity contribution in [3.8, 4) is 11.5 Å². The lowest BCUT2D eigenvalue weighted by Gasteiger charge is -2.21. The second kappa shape index (κ2) is 7.22. The highest BCUT2D eigenvalue weighted by Crippen LogP contribution is 2.36. The molecule has 26 heavy (non-hydrogen) atoms. The zero-order valence-corrected chi connectivity index (χ0v) is 14.5. The Bertz CT molecular complexity index is 824. The average molecular weight is 373 g/mol. The summed E-state index contributed by atoms with van der Waals surface area (Å²) >= 11 is 0. The number of anilines is 1. The van der Waals surface area contributed by atoms with Gasteiger partial charge < -0.3 is 19.9 Å². The van der Waals surface area contributed by atoms with Crippen LogP contribution in [0.5, 0.6) is 11.5 Å². The van der Waals surface area contributed by atoms with Crippen molar-refractivity contribution in [2.75, 3.05) is 19.5 Å². The fraction of sp³-hybridized carbons (Fsp3) is 0.438. The molecule has 0 aliphatic rings. The number of hydrogen-bond acceptors (Lipinski definition) is 6.